The van der Waals surface area contributed by atoms with Crippen molar-refractivity contribution in [2.75, 3.05) is 0 Å². The van der Waals surface area contributed by atoms with E-state index in [0.717, 1.165) is 66.3 Å². The smallest absolute Gasteiger partial charge is 0.145 e. The largest absolute Gasteiger partial charge is 0.455 e. The van der Waals surface area contributed by atoms with E-state index >= 15 is 0 Å². The van der Waals surface area contributed by atoms with Crippen molar-refractivity contribution in [1.29, 1.82) is 0 Å². The molecule has 52 heavy (non-hydrogen) atoms. The summed E-state index contributed by atoms with van der Waals surface area (Å²) >= 11 is 0. The maximum Gasteiger partial charge on any atom is 0.145 e. The van der Waals surface area contributed by atoms with Crippen LogP contribution in [0.4, 0.5) is 0 Å². The Morgan fingerprint density at radius 3 is 1.19 bits per heavy atom. The molecule has 0 amide bonds. The maximum atomic E-state index is 7.18. The summed E-state index contributed by atoms with van der Waals surface area (Å²) in [5, 5.41) is 9.37. The van der Waals surface area contributed by atoms with Gasteiger partial charge < -0.3 is 18.1 Å². The third-order valence-corrected chi connectivity index (χ3v) is 11.0. The number of para-hydroxylation sites is 7. The lowest BCUT2D eigenvalue weighted by atomic mass is 10.1. The number of hydrogen-bond acceptors (Lipinski definition) is 1. The van der Waals surface area contributed by atoms with E-state index in [-0.39, 0.29) is 0 Å². The van der Waals surface area contributed by atoms with Crippen LogP contribution in [0.3, 0.4) is 0 Å². The quantitative estimate of drug-likeness (QED) is 0.185. The molecule has 0 N–H and O–H groups in total. The van der Waals surface area contributed by atoms with Crippen molar-refractivity contribution >= 4 is 87.4 Å². The molecule has 0 atom stereocenters. The fourth-order valence-electron chi connectivity index (χ4n) is 8.93. The highest BCUT2D eigenvalue weighted by molar-refractivity contribution is 6.29. The molecule has 0 saturated heterocycles. The average Bonchev–Trinajstić information content (AvgIpc) is 3.94. The molecule has 4 nitrogen and oxygen atoms in total. The Bertz CT molecular complexity index is 3360. The molecule has 4 heterocycles. The second-order valence-electron chi connectivity index (χ2n) is 13.7. The molecule has 8 aromatic carbocycles. The van der Waals surface area contributed by atoms with Crippen molar-refractivity contribution in [3.63, 3.8) is 0 Å². The van der Waals surface area contributed by atoms with Crippen LogP contribution in [-0.4, -0.2) is 13.7 Å². The number of rotatable bonds is 3. The minimum atomic E-state index is 0.917. The minimum Gasteiger partial charge on any atom is -0.455 e. The van der Waals surface area contributed by atoms with Crippen LogP contribution >= 0.6 is 0 Å². The van der Waals surface area contributed by atoms with E-state index in [2.05, 4.69) is 190 Å². The van der Waals surface area contributed by atoms with Gasteiger partial charge in [0.2, 0.25) is 0 Å². The zero-order valence-corrected chi connectivity index (χ0v) is 28.0. The van der Waals surface area contributed by atoms with Gasteiger partial charge in [-0.1, -0.05) is 103 Å². The normalized spacial score (nSPS) is 12.2. The highest BCUT2D eigenvalue weighted by atomic mass is 16.3. The van der Waals surface area contributed by atoms with Gasteiger partial charge in [-0.2, -0.15) is 0 Å². The molecule has 0 radical (unpaired) electrons. The molecule has 0 aliphatic carbocycles. The summed E-state index contributed by atoms with van der Waals surface area (Å²) < 4.78 is 14.4. The van der Waals surface area contributed by atoms with Crippen LogP contribution < -0.4 is 0 Å². The molecule has 0 fully saturated rings. The molecule has 12 aromatic rings. The second-order valence-corrected chi connectivity index (χ2v) is 13.7. The van der Waals surface area contributed by atoms with Gasteiger partial charge in [0, 0.05) is 38.0 Å². The number of aromatic nitrogens is 3. The Kier molecular flexibility index (Phi) is 5.47. The Hall–Kier alpha value is -7.04. The Balaban J connectivity index is 1.19. The van der Waals surface area contributed by atoms with E-state index in [0.29, 0.717) is 0 Å². The minimum absolute atomic E-state index is 0.917. The van der Waals surface area contributed by atoms with Gasteiger partial charge in [0.05, 0.1) is 55.2 Å². The zero-order chi connectivity index (χ0) is 33.9. The fraction of sp³-hybridized carbons (Fsp3) is 0. The van der Waals surface area contributed by atoms with Gasteiger partial charge >= 0.3 is 0 Å². The molecule has 0 aliphatic rings. The van der Waals surface area contributed by atoms with Crippen molar-refractivity contribution in [3.05, 3.63) is 176 Å². The monoisotopic (exact) mass is 663 g/mol. The van der Waals surface area contributed by atoms with E-state index in [4.69, 9.17) is 4.42 Å². The fourth-order valence-corrected chi connectivity index (χ4v) is 8.93. The van der Waals surface area contributed by atoms with Crippen LogP contribution in [0.25, 0.3) is 104 Å². The van der Waals surface area contributed by atoms with Gasteiger partial charge in [-0.15, -0.1) is 0 Å². The van der Waals surface area contributed by atoms with Gasteiger partial charge in [0.25, 0.3) is 0 Å². The molecule has 12 rings (SSSR count). The van der Waals surface area contributed by atoms with E-state index < -0.39 is 0 Å². The van der Waals surface area contributed by atoms with Gasteiger partial charge in [-0.3, -0.25) is 0 Å². The summed E-state index contributed by atoms with van der Waals surface area (Å²) in [5.41, 5.74) is 12.2. The van der Waals surface area contributed by atoms with Crippen molar-refractivity contribution in [1.82, 2.24) is 13.7 Å². The third-order valence-electron chi connectivity index (χ3n) is 11.0. The zero-order valence-electron chi connectivity index (χ0n) is 28.0. The van der Waals surface area contributed by atoms with E-state index in [1.54, 1.807) is 0 Å². The van der Waals surface area contributed by atoms with Crippen molar-refractivity contribution in [2.45, 2.75) is 0 Å². The third kappa shape index (κ3) is 3.55. The molecule has 0 bridgehead atoms. The van der Waals surface area contributed by atoms with Crippen LogP contribution in [-0.2, 0) is 0 Å². The molecular formula is C48H29N3O. The lowest BCUT2D eigenvalue weighted by Crippen LogP contribution is -2.03. The van der Waals surface area contributed by atoms with Gasteiger partial charge in [0.1, 0.15) is 11.2 Å². The van der Waals surface area contributed by atoms with Crippen molar-refractivity contribution < 1.29 is 4.42 Å². The highest BCUT2D eigenvalue weighted by Crippen LogP contribution is 2.45. The van der Waals surface area contributed by atoms with Crippen LogP contribution in [0.1, 0.15) is 0 Å². The van der Waals surface area contributed by atoms with Crippen LogP contribution in [0.15, 0.2) is 180 Å². The average molecular weight is 664 g/mol. The number of fused-ring (bicyclic) bond motifs is 14. The molecule has 242 valence electrons. The Morgan fingerprint density at radius 2 is 0.654 bits per heavy atom. The molecule has 4 heteroatoms. The number of benzene rings is 8. The summed E-state index contributed by atoms with van der Waals surface area (Å²) in [6.45, 7) is 0. The summed E-state index contributed by atoms with van der Waals surface area (Å²) in [5.74, 6) is 0. The van der Waals surface area contributed by atoms with E-state index in [9.17, 15) is 0 Å². The summed E-state index contributed by atoms with van der Waals surface area (Å²) in [6.07, 6.45) is 0. The van der Waals surface area contributed by atoms with Crippen molar-refractivity contribution in [2.24, 2.45) is 0 Å². The van der Waals surface area contributed by atoms with Gasteiger partial charge in [-0.25, -0.2) is 0 Å². The standard InChI is InChI=1S/C48H29N3O/c1-2-14-30(15-3-1)49-39-22-10-6-18-35(39)45-43(49)28-26-33-34-27-29-44-46(48(34)52-47(33)45)36-19-7-11-23-40(36)51(44)42-25-13-12-24-41(42)50-37-20-8-4-16-31(37)32-17-5-9-21-38(32)50/h1-29H. The van der Waals surface area contributed by atoms with Crippen LogP contribution in [0.2, 0.25) is 0 Å². The molecular weight excluding hydrogens is 635 g/mol. The topological polar surface area (TPSA) is 27.9 Å². The Labute approximate surface area is 297 Å². The predicted octanol–water partition coefficient (Wildman–Crippen LogP) is 12.9. The van der Waals surface area contributed by atoms with E-state index in [1.807, 2.05) is 0 Å². The molecule has 0 spiro atoms. The van der Waals surface area contributed by atoms with Gasteiger partial charge in [0.15, 0.2) is 0 Å². The van der Waals surface area contributed by atoms with Crippen LogP contribution in [0, 0.1) is 0 Å². The van der Waals surface area contributed by atoms with E-state index in [1.165, 1.54) is 38.1 Å². The van der Waals surface area contributed by atoms with Gasteiger partial charge in [-0.05, 0) is 72.8 Å². The molecule has 4 aromatic heterocycles. The summed E-state index contributed by atoms with van der Waals surface area (Å²) in [7, 11) is 0. The molecule has 0 unspecified atom stereocenters. The van der Waals surface area contributed by atoms with Crippen molar-refractivity contribution in [3.8, 4) is 17.1 Å². The molecule has 0 saturated carbocycles. The van der Waals surface area contributed by atoms with Crippen LogP contribution in [0.5, 0.6) is 0 Å². The predicted molar refractivity (Wildman–Crippen MR) is 217 cm³/mol. The number of hydrogen-bond donors (Lipinski definition) is 0. The first-order valence-corrected chi connectivity index (χ1v) is 17.8. The maximum absolute atomic E-state index is 7.18. The highest BCUT2D eigenvalue weighted by Gasteiger charge is 2.24. The number of nitrogens with zero attached hydrogens (tertiary/aromatic N) is 3. The summed E-state index contributed by atoms with van der Waals surface area (Å²) in [6, 6.07) is 63.3. The Morgan fingerprint density at radius 1 is 0.269 bits per heavy atom. The first kappa shape index (κ1) is 27.7. The number of furan rings is 1. The molecule has 0 aliphatic heterocycles. The SMILES string of the molecule is c1ccc(-n2c3ccccc3c3c4oc5c(ccc6c5c5ccccc5n6-c5ccccc5-n5c6ccccc6c6ccccc65)c4ccc32)cc1. The first-order valence-electron chi connectivity index (χ1n) is 17.8. The second kappa shape index (κ2) is 10.3. The lowest BCUT2D eigenvalue weighted by molar-refractivity contribution is 0.677. The first-order chi connectivity index (χ1) is 25.8. The summed E-state index contributed by atoms with van der Waals surface area (Å²) in [4.78, 5) is 0. The lowest BCUT2D eigenvalue weighted by Gasteiger charge is -2.16.